The van der Waals surface area contributed by atoms with Gasteiger partial charge in [-0.3, -0.25) is 9.78 Å². The molecule has 0 aliphatic rings. The van der Waals surface area contributed by atoms with Crippen LogP contribution in [0.1, 0.15) is 5.56 Å². The van der Waals surface area contributed by atoms with Gasteiger partial charge in [0.05, 0.1) is 0 Å². The largest absolute Gasteiger partial charge is 0.484 e. The lowest BCUT2D eigenvalue weighted by Gasteiger charge is -2.10. The van der Waals surface area contributed by atoms with E-state index < -0.39 is 0 Å². The molecule has 3 rings (SSSR count). The summed E-state index contributed by atoms with van der Waals surface area (Å²) < 4.78 is 5.51. The van der Waals surface area contributed by atoms with Gasteiger partial charge in [0, 0.05) is 36.4 Å². The van der Waals surface area contributed by atoms with Crippen molar-refractivity contribution in [1.82, 2.24) is 10.3 Å². The van der Waals surface area contributed by atoms with Crippen LogP contribution in [0.2, 0.25) is 0 Å². The molecule has 0 aliphatic heterocycles. The lowest BCUT2D eigenvalue weighted by atomic mass is 10.2. The van der Waals surface area contributed by atoms with Gasteiger partial charge >= 0.3 is 6.03 Å². The molecule has 7 nitrogen and oxygen atoms in total. The van der Waals surface area contributed by atoms with E-state index in [1.165, 1.54) is 0 Å². The predicted molar refractivity (Wildman–Crippen MR) is 112 cm³/mol. The minimum atomic E-state index is -0.312. The van der Waals surface area contributed by atoms with E-state index in [-0.39, 0.29) is 18.5 Å². The quantitative estimate of drug-likeness (QED) is 0.549. The number of carbonyl (C=O) groups is 2. The van der Waals surface area contributed by atoms with Crippen molar-refractivity contribution in [2.24, 2.45) is 0 Å². The Hall–Kier alpha value is -3.87. The van der Waals surface area contributed by atoms with E-state index in [1.54, 1.807) is 48.8 Å². The fourth-order valence-electron chi connectivity index (χ4n) is 2.57. The second-order valence-electron chi connectivity index (χ2n) is 6.22. The summed E-state index contributed by atoms with van der Waals surface area (Å²) in [6, 6.07) is 19.5. The Labute approximate surface area is 169 Å². The molecule has 148 valence electrons. The summed E-state index contributed by atoms with van der Waals surface area (Å²) in [6.07, 6.45) is 4.18. The molecule has 2 aromatic carbocycles. The number of aromatic nitrogens is 1. The lowest BCUT2D eigenvalue weighted by molar-refractivity contribution is -0.118. The molecule has 7 heteroatoms. The molecule has 0 unspecified atom stereocenters. The number of urea groups is 1. The maximum absolute atomic E-state index is 12.0. The first kappa shape index (κ1) is 19.9. The average molecular weight is 390 g/mol. The summed E-state index contributed by atoms with van der Waals surface area (Å²) >= 11 is 0. The number of amides is 3. The van der Waals surface area contributed by atoms with E-state index >= 15 is 0 Å². The molecule has 0 atom stereocenters. The Kier molecular flexibility index (Phi) is 7.17. The highest BCUT2D eigenvalue weighted by Crippen LogP contribution is 2.17. The van der Waals surface area contributed by atoms with Crippen LogP contribution in [0.5, 0.6) is 5.75 Å². The molecular weight excluding hydrogens is 368 g/mol. The molecular formula is C22H22N4O3. The topological polar surface area (TPSA) is 92.3 Å². The van der Waals surface area contributed by atoms with E-state index in [2.05, 4.69) is 20.9 Å². The number of para-hydroxylation sites is 1. The van der Waals surface area contributed by atoms with E-state index in [0.717, 1.165) is 5.56 Å². The fraction of sp³-hybridized carbons (Fsp3) is 0.136. The van der Waals surface area contributed by atoms with Crippen LogP contribution < -0.4 is 20.7 Å². The molecule has 3 amide bonds. The minimum Gasteiger partial charge on any atom is -0.484 e. The van der Waals surface area contributed by atoms with Gasteiger partial charge in [-0.15, -0.1) is 0 Å². The van der Waals surface area contributed by atoms with Gasteiger partial charge in [0.2, 0.25) is 0 Å². The number of rotatable bonds is 8. The molecule has 1 heterocycles. The fourth-order valence-corrected chi connectivity index (χ4v) is 2.57. The first-order valence-corrected chi connectivity index (χ1v) is 9.20. The van der Waals surface area contributed by atoms with Crippen molar-refractivity contribution >= 4 is 23.3 Å². The second-order valence-corrected chi connectivity index (χ2v) is 6.22. The standard InChI is InChI=1S/C22H22N4O3/c27-21(25-18-7-2-1-3-8-18)16-29-20-10-4-9-19(14-20)26-22(28)24-13-11-17-6-5-12-23-15-17/h1-10,12,14-15H,11,13,16H2,(H,25,27)(H2,24,26,28). The number of hydrogen-bond acceptors (Lipinski definition) is 4. The Morgan fingerprint density at radius 1 is 0.897 bits per heavy atom. The highest BCUT2D eigenvalue weighted by Gasteiger charge is 2.06. The van der Waals surface area contributed by atoms with Crippen molar-refractivity contribution in [1.29, 1.82) is 0 Å². The van der Waals surface area contributed by atoms with Crippen LogP contribution in [-0.2, 0) is 11.2 Å². The molecule has 0 bridgehead atoms. The zero-order valence-electron chi connectivity index (χ0n) is 15.8. The molecule has 0 fully saturated rings. The number of hydrogen-bond donors (Lipinski definition) is 3. The summed E-state index contributed by atoms with van der Waals surface area (Å²) in [5, 5.41) is 8.29. The molecule has 3 N–H and O–H groups in total. The molecule has 0 spiro atoms. The normalized spacial score (nSPS) is 10.1. The third kappa shape index (κ3) is 6.99. The maximum Gasteiger partial charge on any atom is 0.319 e. The number of pyridine rings is 1. The van der Waals surface area contributed by atoms with Crippen LogP contribution >= 0.6 is 0 Å². The molecule has 29 heavy (non-hydrogen) atoms. The van der Waals surface area contributed by atoms with Gasteiger partial charge < -0.3 is 20.7 Å². The number of benzene rings is 2. The molecule has 1 aromatic heterocycles. The number of carbonyl (C=O) groups excluding carboxylic acids is 2. The van der Waals surface area contributed by atoms with Gasteiger partial charge in [-0.05, 0) is 42.3 Å². The van der Waals surface area contributed by atoms with E-state index in [1.807, 2.05) is 30.3 Å². The van der Waals surface area contributed by atoms with Crippen molar-refractivity contribution in [3.8, 4) is 5.75 Å². The monoisotopic (exact) mass is 390 g/mol. The summed E-state index contributed by atoms with van der Waals surface area (Å²) in [6.45, 7) is 0.364. The van der Waals surface area contributed by atoms with Crippen molar-refractivity contribution in [2.45, 2.75) is 6.42 Å². The van der Waals surface area contributed by atoms with Crippen molar-refractivity contribution < 1.29 is 14.3 Å². The smallest absolute Gasteiger partial charge is 0.319 e. The Bertz CT molecular complexity index is 933. The van der Waals surface area contributed by atoms with Gasteiger partial charge in [-0.2, -0.15) is 0 Å². The van der Waals surface area contributed by atoms with Crippen LogP contribution in [0.15, 0.2) is 79.1 Å². The van der Waals surface area contributed by atoms with Crippen molar-refractivity contribution in [2.75, 3.05) is 23.8 Å². The Morgan fingerprint density at radius 2 is 1.72 bits per heavy atom. The molecule has 0 aliphatic carbocycles. The van der Waals surface area contributed by atoms with Gasteiger partial charge in [-0.25, -0.2) is 4.79 Å². The number of nitrogens with zero attached hydrogens (tertiary/aromatic N) is 1. The van der Waals surface area contributed by atoms with Gasteiger partial charge in [0.1, 0.15) is 5.75 Å². The third-order valence-electron chi connectivity index (χ3n) is 3.94. The summed E-state index contributed by atoms with van der Waals surface area (Å²) in [7, 11) is 0. The molecule has 0 saturated carbocycles. The molecule has 0 radical (unpaired) electrons. The maximum atomic E-state index is 12.0. The summed E-state index contributed by atoms with van der Waals surface area (Å²) in [5.74, 6) is 0.226. The van der Waals surface area contributed by atoms with Gasteiger partial charge in [-0.1, -0.05) is 30.3 Å². The predicted octanol–water partition coefficient (Wildman–Crippen LogP) is 3.46. The van der Waals surface area contributed by atoms with Gasteiger partial charge in [0.15, 0.2) is 6.61 Å². The Morgan fingerprint density at radius 3 is 2.52 bits per heavy atom. The van der Waals surface area contributed by atoms with E-state index in [4.69, 9.17) is 4.74 Å². The SMILES string of the molecule is O=C(COc1cccc(NC(=O)NCCc2cccnc2)c1)Nc1ccccc1. The van der Waals surface area contributed by atoms with Gasteiger partial charge in [0.25, 0.3) is 5.91 Å². The second kappa shape index (κ2) is 10.5. The van der Waals surface area contributed by atoms with Crippen molar-refractivity contribution in [3.05, 3.63) is 84.7 Å². The summed E-state index contributed by atoms with van der Waals surface area (Å²) in [4.78, 5) is 28.0. The highest BCUT2D eigenvalue weighted by molar-refractivity contribution is 5.92. The molecule has 3 aromatic rings. The first-order chi connectivity index (χ1) is 14.2. The third-order valence-corrected chi connectivity index (χ3v) is 3.94. The van der Waals surface area contributed by atoms with Crippen LogP contribution in [0.25, 0.3) is 0 Å². The van der Waals surface area contributed by atoms with Crippen LogP contribution in [-0.4, -0.2) is 30.1 Å². The first-order valence-electron chi connectivity index (χ1n) is 9.20. The zero-order valence-corrected chi connectivity index (χ0v) is 15.8. The number of anilines is 2. The Balaban J connectivity index is 1.42. The minimum absolute atomic E-state index is 0.129. The van der Waals surface area contributed by atoms with Crippen LogP contribution in [0.4, 0.5) is 16.2 Å². The number of nitrogens with one attached hydrogen (secondary N) is 3. The number of ether oxygens (including phenoxy) is 1. The summed E-state index contributed by atoms with van der Waals surface area (Å²) in [5.41, 5.74) is 2.33. The highest BCUT2D eigenvalue weighted by atomic mass is 16.5. The van der Waals surface area contributed by atoms with Crippen LogP contribution in [0.3, 0.4) is 0 Å². The van der Waals surface area contributed by atoms with E-state index in [9.17, 15) is 9.59 Å². The van der Waals surface area contributed by atoms with Crippen LogP contribution in [0, 0.1) is 0 Å². The molecule has 0 saturated heterocycles. The lowest BCUT2D eigenvalue weighted by Crippen LogP contribution is -2.30. The van der Waals surface area contributed by atoms with Crippen molar-refractivity contribution in [3.63, 3.8) is 0 Å². The van der Waals surface area contributed by atoms with E-state index in [0.29, 0.717) is 30.1 Å². The zero-order chi connectivity index (χ0) is 20.3. The average Bonchev–Trinajstić information content (AvgIpc) is 2.74.